The van der Waals surface area contributed by atoms with Gasteiger partial charge in [-0.1, -0.05) is 29.3 Å². The highest BCUT2D eigenvalue weighted by atomic mass is 35.5. The summed E-state index contributed by atoms with van der Waals surface area (Å²) in [5, 5.41) is 12.7. The Labute approximate surface area is 125 Å². The SMILES string of the molecule is CC(Nc1cc(Cl)c(O)c(Cl)c1)c1ccc(F)c(F)c1. The van der Waals surface area contributed by atoms with Gasteiger partial charge in [0.25, 0.3) is 0 Å². The summed E-state index contributed by atoms with van der Waals surface area (Å²) < 4.78 is 26.1. The summed E-state index contributed by atoms with van der Waals surface area (Å²) in [6, 6.07) is 6.38. The molecule has 1 atom stereocenters. The summed E-state index contributed by atoms with van der Waals surface area (Å²) in [6.45, 7) is 1.78. The molecular weight excluding hydrogens is 307 g/mol. The Morgan fingerprint density at radius 2 is 1.65 bits per heavy atom. The Balaban J connectivity index is 2.23. The zero-order valence-electron chi connectivity index (χ0n) is 10.4. The van der Waals surface area contributed by atoms with Crippen LogP contribution in [0.4, 0.5) is 14.5 Å². The minimum Gasteiger partial charge on any atom is -0.505 e. The molecule has 2 aromatic rings. The molecule has 0 amide bonds. The molecule has 2 N–H and O–H groups in total. The van der Waals surface area contributed by atoms with E-state index in [1.165, 1.54) is 18.2 Å². The minimum absolute atomic E-state index is 0.109. The van der Waals surface area contributed by atoms with E-state index in [0.29, 0.717) is 11.3 Å². The molecule has 0 fully saturated rings. The fourth-order valence-electron chi connectivity index (χ4n) is 1.76. The molecule has 0 saturated heterocycles. The number of aromatic hydroxyl groups is 1. The molecule has 6 heteroatoms. The van der Waals surface area contributed by atoms with Crippen LogP contribution in [-0.4, -0.2) is 5.11 Å². The molecule has 106 valence electrons. The average molecular weight is 318 g/mol. The molecule has 2 aromatic carbocycles. The van der Waals surface area contributed by atoms with Crippen molar-refractivity contribution in [3.05, 3.63) is 57.6 Å². The van der Waals surface area contributed by atoms with Crippen LogP contribution in [0.3, 0.4) is 0 Å². The van der Waals surface area contributed by atoms with E-state index in [9.17, 15) is 13.9 Å². The highest BCUT2D eigenvalue weighted by Crippen LogP contribution is 2.35. The molecule has 2 nitrogen and oxygen atoms in total. The van der Waals surface area contributed by atoms with E-state index in [0.717, 1.165) is 12.1 Å². The average Bonchev–Trinajstić information content (AvgIpc) is 2.39. The summed E-state index contributed by atoms with van der Waals surface area (Å²) in [7, 11) is 0. The minimum atomic E-state index is -0.905. The van der Waals surface area contributed by atoms with Crippen LogP contribution in [0, 0.1) is 11.6 Å². The van der Waals surface area contributed by atoms with Gasteiger partial charge in [0, 0.05) is 11.7 Å². The number of nitrogens with one attached hydrogen (secondary N) is 1. The van der Waals surface area contributed by atoms with Crippen molar-refractivity contribution in [1.29, 1.82) is 0 Å². The van der Waals surface area contributed by atoms with Crippen LogP contribution in [0.15, 0.2) is 30.3 Å². The fourth-order valence-corrected chi connectivity index (χ4v) is 2.25. The van der Waals surface area contributed by atoms with E-state index in [1.54, 1.807) is 6.92 Å². The van der Waals surface area contributed by atoms with Crippen LogP contribution in [0.25, 0.3) is 0 Å². The first-order valence-corrected chi connectivity index (χ1v) is 6.53. The lowest BCUT2D eigenvalue weighted by atomic mass is 10.1. The lowest BCUT2D eigenvalue weighted by Gasteiger charge is -2.17. The van der Waals surface area contributed by atoms with Gasteiger partial charge in [-0.2, -0.15) is 0 Å². The molecular formula is C14H11Cl2F2NO. The van der Waals surface area contributed by atoms with Gasteiger partial charge >= 0.3 is 0 Å². The maximum Gasteiger partial charge on any atom is 0.159 e. The standard InChI is InChI=1S/C14H11Cl2F2NO/c1-7(8-2-3-12(17)13(18)4-8)19-9-5-10(15)14(20)11(16)6-9/h2-7,19-20H,1H3. The van der Waals surface area contributed by atoms with Crippen molar-refractivity contribution in [2.24, 2.45) is 0 Å². The monoisotopic (exact) mass is 317 g/mol. The van der Waals surface area contributed by atoms with Crippen LogP contribution in [-0.2, 0) is 0 Å². The first kappa shape index (κ1) is 14.9. The van der Waals surface area contributed by atoms with Gasteiger partial charge in [-0.3, -0.25) is 0 Å². The van der Waals surface area contributed by atoms with Crippen LogP contribution in [0.5, 0.6) is 5.75 Å². The number of hydrogen-bond donors (Lipinski definition) is 2. The van der Waals surface area contributed by atoms with Crippen molar-refractivity contribution in [1.82, 2.24) is 0 Å². The molecule has 2 rings (SSSR count). The molecule has 0 aliphatic carbocycles. The van der Waals surface area contributed by atoms with Gasteiger partial charge in [0.15, 0.2) is 17.4 Å². The molecule has 0 aromatic heterocycles. The zero-order valence-corrected chi connectivity index (χ0v) is 11.9. The third kappa shape index (κ3) is 3.14. The van der Waals surface area contributed by atoms with Crippen molar-refractivity contribution in [3.63, 3.8) is 0 Å². The maximum absolute atomic E-state index is 13.2. The Kier molecular flexibility index (Phi) is 4.35. The van der Waals surface area contributed by atoms with Gasteiger partial charge in [-0.25, -0.2) is 8.78 Å². The summed E-state index contributed by atoms with van der Waals surface area (Å²) in [4.78, 5) is 0. The summed E-state index contributed by atoms with van der Waals surface area (Å²) in [5.74, 6) is -1.99. The highest BCUT2D eigenvalue weighted by Gasteiger charge is 2.12. The largest absolute Gasteiger partial charge is 0.505 e. The number of benzene rings is 2. The van der Waals surface area contributed by atoms with E-state index in [1.807, 2.05) is 0 Å². The van der Waals surface area contributed by atoms with Gasteiger partial charge in [0.2, 0.25) is 0 Å². The number of phenolic OH excluding ortho intramolecular Hbond substituents is 1. The number of hydrogen-bond acceptors (Lipinski definition) is 2. The van der Waals surface area contributed by atoms with Gasteiger partial charge in [-0.05, 0) is 36.8 Å². The molecule has 0 saturated carbocycles. The lowest BCUT2D eigenvalue weighted by Crippen LogP contribution is -2.07. The van der Waals surface area contributed by atoms with Crippen molar-refractivity contribution < 1.29 is 13.9 Å². The number of rotatable bonds is 3. The quantitative estimate of drug-likeness (QED) is 0.767. The summed E-state index contributed by atoms with van der Waals surface area (Å²) in [6.07, 6.45) is 0. The molecule has 0 bridgehead atoms. The molecule has 1 unspecified atom stereocenters. The second kappa shape index (κ2) is 5.85. The van der Waals surface area contributed by atoms with Gasteiger partial charge in [0.1, 0.15) is 0 Å². The van der Waals surface area contributed by atoms with E-state index in [4.69, 9.17) is 23.2 Å². The zero-order chi connectivity index (χ0) is 14.9. The van der Waals surface area contributed by atoms with E-state index in [-0.39, 0.29) is 21.8 Å². The van der Waals surface area contributed by atoms with Crippen molar-refractivity contribution >= 4 is 28.9 Å². The highest BCUT2D eigenvalue weighted by molar-refractivity contribution is 6.37. The summed E-state index contributed by atoms with van der Waals surface area (Å²) >= 11 is 11.6. The molecule has 0 aliphatic heterocycles. The second-order valence-corrected chi connectivity index (χ2v) is 5.14. The Hall–Kier alpha value is -1.52. The predicted molar refractivity (Wildman–Crippen MR) is 76.5 cm³/mol. The van der Waals surface area contributed by atoms with Crippen molar-refractivity contribution in [3.8, 4) is 5.75 Å². The molecule has 0 radical (unpaired) electrons. The maximum atomic E-state index is 13.2. The topological polar surface area (TPSA) is 32.3 Å². The Morgan fingerprint density at radius 3 is 2.20 bits per heavy atom. The molecule has 0 spiro atoms. The van der Waals surface area contributed by atoms with Crippen LogP contribution in [0.2, 0.25) is 10.0 Å². The van der Waals surface area contributed by atoms with Gasteiger partial charge in [-0.15, -0.1) is 0 Å². The molecule has 20 heavy (non-hydrogen) atoms. The van der Waals surface area contributed by atoms with Crippen molar-refractivity contribution in [2.45, 2.75) is 13.0 Å². The van der Waals surface area contributed by atoms with Crippen LogP contribution >= 0.6 is 23.2 Å². The van der Waals surface area contributed by atoms with E-state index < -0.39 is 11.6 Å². The van der Waals surface area contributed by atoms with Crippen molar-refractivity contribution in [2.75, 3.05) is 5.32 Å². The fraction of sp³-hybridized carbons (Fsp3) is 0.143. The normalized spacial score (nSPS) is 12.2. The first-order chi connectivity index (χ1) is 9.38. The molecule has 0 aliphatic rings. The van der Waals surface area contributed by atoms with Crippen LogP contribution in [0.1, 0.15) is 18.5 Å². The predicted octanol–water partition coefficient (Wildman–Crippen LogP) is 5.15. The number of anilines is 1. The van der Waals surface area contributed by atoms with Gasteiger partial charge < -0.3 is 10.4 Å². The van der Waals surface area contributed by atoms with E-state index >= 15 is 0 Å². The lowest BCUT2D eigenvalue weighted by molar-refractivity contribution is 0.476. The Morgan fingerprint density at radius 1 is 1.05 bits per heavy atom. The molecule has 0 heterocycles. The van der Waals surface area contributed by atoms with Crippen LogP contribution < -0.4 is 5.32 Å². The number of phenols is 1. The summed E-state index contributed by atoms with van der Waals surface area (Å²) in [5.41, 5.74) is 1.14. The Bertz CT molecular complexity index is 626. The van der Waals surface area contributed by atoms with Gasteiger partial charge in [0.05, 0.1) is 10.0 Å². The third-order valence-electron chi connectivity index (χ3n) is 2.84. The number of halogens is 4. The second-order valence-electron chi connectivity index (χ2n) is 4.33. The smallest absolute Gasteiger partial charge is 0.159 e. The third-order valence-corrected chi connectivity index (χ3v) is 3.42. The first-order valence-electron chi connectivity index (χ1n) is 5.78. The van der Waals surface area contributed by atoms with E-state index in [2.05, 4.69) is 5.32 Å².